The van der Waals surface area contributed by atoms with Gasteiger partial charge in [-0.25, -0.2) is 0 Å². The first-order valence-electron chi connectivity index (χ1n) is 6.94. The van der Waals surface area contributed by atoms with Gasteiger partial charge in [-0.1, -0.05) is 0 Å². The Bertz CT molecular complexity index is 246. The second kappa shape index (κ2) is 5.65. The zero-order valence-corrected chi connectivity index (χ0v) is 11.6. The fourth-order valence-electron chi connectivity index (χ4n) is 3.10. The SMILES string of the molecule is CC1CC(N)CCN1CC1CN(C)CCN1C. The van der Waals surface area contributed by atoms with Crippen LogP contribution in [0.25, 0.3) is 0 Å². The van der Waals surface area contributed by atoms with Gasteiger partial charge in [0.05, 0.1) is 0 Å². The zero-order chi connectivity index (χ0) is 12.4. The van der Waals surface area contributed by atoms with Crippen molar-refractivity contribution < 1.29 is 0 Å². The molecule has 2 N–H and O–H groups in total. The van der Waals surface area contributed by atoms with Gasteiger partial charge in [-0.3, -0.25) is 9.80 Å². The van der Waals surface area contributed by atoms with Crippen molar-refractivity contribution in [2.45, 2.75) is 37.9 Å². The van der Waals surface area contributed by atoms with Crippen LogP contribution in [0.2, 0.25) is 0 Å². The normalized spacial score (nSPS) is 38.5. The summed E-state index contributed by atoms with van der Waals surface area (Å²) in [7, 11) is 4.49. The molecule has 2 fully saturated rings. The Morgan fingerprint density at radius 1 is 1.18 bits per heavy atom. The average molecular weight is 240 g/mol. The molecule has 0 aromatic heterocycles. The van der Waals surface area contributed by atoms with Crippen LogP contribution in [-0.2, 0) is 0 Å². The van der Waals surface area contributed by atoms with E-state index in [1.807, 2.05) is 0 Å². The van der Waals surface area contributed by atoms with Crippen LogP contribution in [0, 0.1) is 0 Å². The first-order chi connectivity index (χ1) is 8.06. The van der Waals surface area contributed by atoms with Crippen LogP contribution in [0.3, 0.4) is 0 Å². The van der Waals surface area contributed by atoms with E-state index in [0.29, 0.717) is 18.1 Å². The van der Waals surface area contributed by atoms with Gasteiger partial charge in [0.2, 0.25) is 0 Å². The molecule has 0 saturated carbocycles. The molecule has 0 bridgehead atoms. The molecular weight excluding hydrogens is 212 g/mol. The first kappa shape index (κ1) is 13.3. The van der Waals surface area contributed by atoms with Crippen molar-refractivity contribution >= 4 is 0 Å². The van der Waals surface area contributed by atoms with E-state index in [2.05, 4.69) is 35.7 Å². The summed E-state index contributed by atoms with van der Waals surface area (Å²) >= 11 is 0. The molecule has 0 radical (unpaired) electrons. The number of piperidine rings is 1. The second-order valence-electron chi connectivity index (χ2n) is 6.03. The highest BCUT2D eigenvalue weighted by Gasteiger charge is 2.29. The molecule has 2 rings (SSSR count). The third kappa shape index (κ3) is 3.41. The standard InChI is InChI=1S/C13H28N4/c1-11-8-12(14)4-5-17(11)10-13-9-15(2)6-7-16(13)3/h11-13H,4-10,14H2,1-3H3. The minimum absolute atomic E-state index is 0.424. The van der Waals surface area contributed by atoms with Gasteiger partial charge in [-0.05, 0) is 40.4 Å². The first-order valence-corrected chi connectivity index (χ1v) is 6.94. The van der Waals surface area contributed by atoms with Gasteiger partial charge >= 0.3 is 0 Å². The Hall–Kier alpha value is -0.160. The maximum Gasteiger partial charge on any atom is 0.0347 e. The Balaban J connectivity index is 1.86. The lowest BCUT2D eigenvalue weighted by Crippen LogP contribution is -2.57. The summed E-state index contributed by atoms with van der Waals surface area (Å²) in [6, 6.07) is 1.76. The van der Waals surface area contributed by atoms with Crippen LogP contribution >= 0.6 is 0 Å². The number of hydrogen-bond donors (Lipinski definition) is 1. The van der Waals surface area contributed by atoms with Crippen molar-refractivity contribution in [3.8, 4) is 0 Å². The summed E-state index contributed by atoms with van der Waals surface area (Å²) < 4.78 is 0. The maximum atomic E-state index is 6.02. The molecular formula is C13H28N4. The van der Waals surface area contributed by atoms with Crippen molar-refractivity contribution in [3.63, 3.8) is 0 Å². The summed E-state index contributed by atoms with van der Waals surface area (Å²) in [5.41, 5.74) is 6.02. The Morgan fingerprint density at radius 2 is 1.94 bits per heavy atom. The average Bonchev–Trinajstić information content (AvgIpc) is 2.27. The Labute approximate surface area is 106 Å². The van der Waals surface area contributed by atoms with E-state index in [1.54, 1.807) is 0 Å². The molecule has 100 valence electrons. The molecule has 0 aromatic carbocycles. The Morgan fingerprint density at radius 3 is 2.65 bits per heavy atom. The number of nitrogens with two attached hydrogens (primary N) is 1. The third-order valence-electron chi connectivity index (χ3n) is 4.48. The second-order valence-corrected chi connectivity index (χ2v) is 6.03. The quantitative estimate of drug-likeness (QED) is 0.739. The molecule has 0 amide bonds. The lowest BCUT2D eigenvalue weighted by atomic mass is 9.98. The van der Waals surface area contributed by atoms with Gasteiger partial charge < -0.3 is 10.6 Å². The van der Waals surface area contributed by atoms with Crippen LogP contribution in [0.15, 0.2) is 0 Å². The predicted octanol–water partition coefficient (Wildman–Crippen LogP) is 0.0438. The van der Waals surface area contributed by atoms with E-state index in [9.17, 15) is 0 Å². The predicted molar refractivity (Wildman–Crippen MR) is 72.2 cm³/mol. The summed E-state index contributed by atoms with van der Waals surface area (Å²) in [5, 5.41) is 0. The minimum Gasteiger partial charge on any atom is -0.328 e. The molecule has 4 heteroatoms. The third-order valence-corrected chi connectivity index (χ3v) is 4.48. The van der Waals surface area contributed by atoms with Crippen molar-refractivity contribution in [1.29, 1.82) is 0 Å². The van der Waals surface area contributed by atoms with E-state index in [-0.39, 0.29) is 0 Å². The van der Waals surface area contributed by atoms with E-state index in [4.69, 9.17) is 5.73 Å². The molecule has 4 nitrogen and oxygen atoms in total. The summed E-state index contributed by atoms with van der Waals surface area (Å²) in [6.45, 7) is 8.30. The number of likely N-dealkylation sites (N-methyl/N-ethyl adjacent to an activating group) is 2. The Kier molecular flexibility index (Phi) is 4.42. The smallest absolute Gasteiger partial charge is 0.0347 e. The van der Waals surface area contributed by atoms with Crippen molar-refractivity contribution in [2.75, 3.05) is 46.8 Å². The van der Waals surface area contributed by atoms with Crippen LogP contribution in [-0.4, -0.2) is 79.6 Å². The van der Waals surface area contributed by atoms with Crippen LogP contribution in [0.4, 0.5) is 0 Å². The molecule has 2 heterocycles. The highest BCUT2D eigenvalue weighted by atomic mass is 15.3. The van der Waals surface area contributed by atoms with Gasteiger partial charge in [-0.15, -0.1) is 0 Å². The molecule has 3 atom stereocenters. The maximum absolute atomic E-state index is 6.02. The molecule has 0 aliphatic carbocycles. The van der Waals surface area contributed by atoms with E-state index in [0.717, 1.165) is 12.8 Å². The number of likely N-dealkylation sites (tertiary alicyclic amines) is 1. The number of piperazine rings is 1. The van der Waals surface area contributed by atoms with Crippen molar-refractivity contribution in [2.24, 2.45) is 5.73 Å². The highest BCUT2D eigenvalue weighted by Crippen LogP contribution is 2.18. The summed E-state index contributed by atoms with van der Waals surface area (Å²) in [6.07, 6.45) is 2.32. The van der Waals surface area contributed by atoms with Crippen molar-refractivity contribution in [1.82, 2.24) is 14.7 Å². The lowest BCUT2D eigenvalue weighted by Gasteiger charge is -2.43. The van der Waals surface area contributed by atoms with Gasteiger partial charge in [0, 0.05) is 44.3 Å². The van der Waals surface area contributed by atoms with Gasteiger partial charge in [-0.2, -0.15) is 0 Å². The van der Waals surface area contributed by atoms with Gasteiger partial charge in [0.15, 0.2) is 0 Å². The van der Waals surface area contributed by atoms with Crippen LogP contribution in [0.1, 0.15) is 19.8 Å². The fourth-order valence-corrected chi connectivity index (χ4v) is 3.10. The van der Waals surface area contributed by atoms with E-state index >= 15 is 0 Å². The molecule has 2 aliphatic rings. The summed E-state index contributed by atoms with van der Waals surface area (Å²) in [5.74, 6) is 0. The largest absolute Gasteiger partial charge is 0.328 e. The van der Waals surface area contributed by atoms with Gasteiger partial charge in [0.1, 0.15) is 0 Å². The lowest BCUT2D eigenvalue weighted by molar-refractivity contribution is 0.0555. The van der Waals surface area contributed by atoms with Crippen LogP contribution < -0.4 is 5.73 Å². The van der Waals surface area contributed by atoms with Crippen molar-refractivity contribution in [3.05, 3.63) is 0 Å². The molecule has 17 heavy (non-hydrogen) atoms. The fraction of sp³-hybridized carbons (Fsp3) is 1.00. The molecule has 0 aromatic rings. The highest BCUT2D eigenvalue weighted by molar-refractivity contribution is 4.87. The number of rotatable bonds is 2. The monoisotopic (exact) mass is 240 g/mol. The molecule has 2 saturated heterocycles. The van der Waals surface area contributed by atoms with Gasteiger partial charge in [0.25, 0.3) is 0 Å². The molecule has 2 aliphatic heterocycles. The number of nitrogens with zero attached hydrogens (tertiary/aromatic N) is 3. The topological polar surface area (TPSA) is 35.7 Å². The van der Waals surface area contributed by atoms with Crippen LogP contribution in [0.5, 0.6) is 0 Å². The molecule has 0 spiro atoms. The zero-order valence-electron chi connectivity index (χ0n) is 11.6. The summed E-state index contributed by atoms with van der Waals surface area (Å²) in [4.78, 5) is 7.59. The molecule has 3 unspecified atom stereocenters. The van der Waals surface area contributed by atoms with E-state index < -0.39 is 0 Å². The van der Waals surface area contributed by atoms with E-state index in [1.165, 1.54) is 32.7 Å². The minimum atomic E-state index is 0.424. The number of hydrogen-bond acceptors (Lipinski definition) is 4.